The molecule has 17 heavy (non-hydrogen) atoms. The van der Waals surface area contributed by atoms with Crippen molar-refractivity contribution in [1.29, 1.82) is 0 Å². The van der Waals surface area contributed by atoms with Gasteiger partial charge in [-0.1, -0.05) is 0 Å². The van der Waals surface area contributed by atoms with E-state index in [1.54, 1.807) is 6.20 Å². The van der Waals surface area contributed by atoms with Crippen LogP contribution in [0.2, 0.25) is 0 Å². The summed E-state index contributed by atoms with van der Waals surface area (Å²) in [6.45, 7) is 3.57. The summed E-state index contributed by atoms with van der Waals surface area (Å²) in [5, 5.41) is 3.26. The number of oxazole rings is 1. The molecule has 1 aromatic carbocycles. The lowest BCUT2D eigenvalue weighted by Crippen LogP contribution is -2.25. The number of halogens is 1. The van der Waals surface area contributed by atoms with E-state index in [2.05, 4.69) is 10.3 Å². The molecule has 0 saturated carbocycles. The van der Waals surface area contributed by atoms with E-state index in [0.717, 1.165) is 36.2 Å². The van der Waals surface area contributed by atoms with Crippen molar-refractivity contribution in [3.63, 3.8) is 0 Å². The van der Waals surface area contributed by atoms with Gasteiger partial charge in [-0.15, -0.1) is 0 Å². The number of nitrogens with one attached hydrogen (secondary N) is 1. The zero-order valence-corrected chi connectivity index (χ0v) is 9.59. The van der Waals surface area contributed by atoms with E-state index in [1.807, 2.05) is 13.0 Å². The van der Waals surface area contributed by atoms with Crippen molar-refractivity contribution >= 4 is 0 Å². The average Bonchev–Trinajstić information content (AvgIpc) is 2.87. The second-order valence-electron chi connectivity index (χ2n) is 4.30. The Bertz CT molecular complexity index is 549. The Labute approximate surface area is 98.7 Å². The van der Waals surface area contributed by atoms with Crippen LogP contribution in [0.15, 0.2) is 23.1 Å². The highest BCUT2D eigenvalue weighted by Gasteiger charge is 2.20. The van der Waals surface area contributed by atoms with Gasteiger partial charge in [-0.3, -0.25) is 0 Å². The molecule has 3 rings (SSSR count). The smallest absolute Gasteiger partial charge is 0.181 e. The summed E-state index contributed by atoms with van der Waals surface area (Å²) in [7, 11) is 0. The maximum Gasteiger partial charge on any atom is 0.181 e. The third kappa shape index (κ3) is 1.65. The SMILES string of the molecule is Cc1cc(-c2cnco2)c(F)c2c1CNCC2. The molecule has 88 valence electrons. The van der Waals surface area contributed by atoms with Crippen LogP contribution in [0.25, 0.3) is 11.3 Å². The van der Waals surface area contributed by atoms with Crippen LogP contribution in [0.5, 0.6) is 0 Å². The average molecular weight is 232 g/mol. The van der Waals surface area contributed by atoms with Gasteiger partial charge >= 0.3 is 0 Å². The van der Waals surface area contributed by atoms with Gasteiger partial charge in [0, 0.05) is 6.54 Å². The molecule has 1 N–H and O–H groups in total. The third-order valence-corrected chi connectivity index (χ3v) is 3.25. The molecule has 4 heteroatoms. The number of hydrogen-bond acceptors (Lipinski definition) is 3. The van der Waals surface area contributed by atoms with Gasteiger partial charge in [-0.05, 0) is 42.6 Å². The largest absolute Gasteiger partial charge is 0.443 e. The first kappa shape index (κ1) is 10.5. The van der Waals surface area contributed by atoms with Gasteiger partial charge in [0.2, 0.25) is 0 Å². The van der Waals surface area contributed by atoms with Crippen molar-refractivity contribution in [3.8, 4) is 11.3 Å². The van der Waals surface area contributed by atoms with Crippen molar-refractivity contribution < 1.29 is 8.81 Å². The fourth-order valence-electron chi connectivity index (χ4n) is 2.36. The maximum atomic E-state index is 14.4. The minimum Gasteiger partial charge on any atom is -0.443 e. The van der Waals surface area contributed by atoms with Gasteiger partial charge < -0.3 is 9.73 Å². The predicted molar refractivity (Wildman–Crippen MR) is 62.0 cm³/mol. The molecule has 0 radical (unpaired) electrons. The van der Waals surface area contributed by atoms with Gasteiger partial charge in [-0.2, -0.15) is 0 Å². The summed E-state index contributed by atoms with van der Waals surface area (Å²) in [6, 6.07) is 1.84. The Morgan fingerprint density at radius 1 is 1.41 bits per heavy atom. The Morgan fingerprint density at radius 3 is 3.06 bits per heavy atom. The third-order valence-electron chi connectivity index (χ3n) is 3.25. The number of hydrogen-bond donors (Lipinski definition) is 1. The van der Waals surface area contributed by atoms with E-state index in [9.17, 15) is 4.39 Å². The van der Waals surface area contributed by atoms with Crippen LogP contribution in [0.4, 0.5) is 4.39 Å². The van der Waals surface area contributed by atoms with E-state index in [0.29, 0.717) is 11.3 Å². The first-order valence-corrected chi connectivity index (χ1v) is 5.68. The minimum absolute atomic E-state index is 0.163. The van der Waals surface area contributed by atoms with Crippen molar-refractivity contribution in [1.82, 2.24) is 10.3 Å². The number of rotatable bonds is 1. The van der Waals surface area contributed by atoms with Crippen molar-refractivity contribution in [3.05, 3.63) is 41.2 Å². The molecular weight excluding hydrogens is 219 g/mol. The van der Waals surface area contributed by atoms with E-state index >= 15 is 0 Å². The summed E-state index contributed by atoms with van der Waals surface area (Å²) in [5.74, 6) is 0.329. The highest BCUT2D eigenvalue weighted by atomic mass is 19.1. The number of aromatic nitrogens is 1. The number of fused-ring (bicyclic) bond motifs is 1. The molecule has 0 unspecified atom stereocenters. The fourth-order valence-corrected chi connectivity index (χ4v) is 2.36. The quantitative estimate of drug-likeness (QED) is 0.820. The van der Waals surface area contributed by atoms with Crippen molar-refractivity contribution in [2.24, 2.45) is 0 Å². The van der Waals surface area contributed by atoms with Gasteiger partial charge in [0.1, 0.15) is 5.82 Å². The first-order valence-electron chi connectivity index (χ1n) is 5.68. The van der Waals surface area contributed by atoms with Crippen LogP contribution in [0, 0.1) is 12.7 Å². The van der Waals surface area contributed by atoms with E-state index < -0.39 is 0 Å². The van der Waals surface area contributed by atoms with Crippen molar-refractivity contribution in [2.45, 2.75) is 19.9 Å². The van der Waals surface area contributed by atoms with Gasteiger partial charge in [0.25, 0.3) is 0 Å². The molecule has 1 aliphatic heterocycles. The predicted octanol–water partition coefficient (Wildman–Crippen LogP) is 2.43. The molecule has 0 spiro atoms. The van der Waals surface area contributed by atoms with Crippen LogP contribution >= 0.6 is 0 Å². The van der Waals surface area contributed by atoms with Crippen molar-refractivity contribution in [2.75, 3.05) is 6.54 Å². The molecule has 2 aromatic rings. The topological polar surface area (TPSA) is 38.1 Å². The molecule has 3 nitrogen and oxygen atoms in total. The molecule has 0 fully saturated rings. The summed E-state index contributed by atoms with van der Waals surface area (Å²) in [6.07, 6.45) is 3.60. The van der Waals surface area contributed by atoms with E-state index in [-0.39, 0.29) is 5.82 Å². The Morgan fingerprint density at radius 2 is 2.29 bits per heavy atom. The van der Waals surface area contributed by atoms with E-state index in [1.165, 1.54) is 6.39 Å². The van der Waals surface area contributed by atoms with Gasteiger partial charge in [0.05, 0.1) is 11.8 Å². The lowest BCUT2D eigenvalue weighted by molar-refractivity contribution is 0.547. The zero-order chi connectivity index (χ0) is 11.8. The lowest BCUT2D eigenvalue weighted by Gasteiger charge is -2.21. The van der Waals surface area contributed by atoms with Crippen LogP contribution in [0.1, 0.15) is 16.7 Å². The standard InChI is InChI=1S/C13H13FN2O/c1-8-4-10(12-6-16-7-17-12)13(14)9-2-3-15-5-11(8)9/h4,6-7,15H,2-3,5H2,1H3. The highest BCUT2D eigenvalue weighted by Crippen LogP contribution is 2.30. The fraction of sp³-hybridized carbons (Fsp3) is 0.308. The Hall–Kier alpha value is -1.68. The molecule has 0 aliphatic carbocycles. The Kier molecular flexibility index (Phi) is 2.44. The van der Waals surface area contributed by atoms with Crippen LogP contribution in [0.3, 0.4) is 0 Å². The van der Waals surface area contributed by atoms with E-state index in [4.69, 9.17) is 4.42 Å². The summed E-state index contributed by atoms with van der Waals surface area (Å²) in [4.78, 5) is 3.84. The molecule has 0 amide bonds. The summed E-state index contributed by atoms with van der Waals surface area (Å²) in [5.41, 5.74) is 3.51. The molecule has 0 bridgehead atoms. The maximum absolute atomic E-state index is 14.4. The summed E-state index contributed by atoms with van der Waals surface area (Å²) < 4.78 is 19.6. The molecule has 0 saturated heterocycles. The summed E-state index contributed by atoms with van der Waals surface area (Å²) >= 11 is 0. The number of nitrogens with zero attached hydrogens (tertiary/aromatic N) is 1. The molecule has 2 heterocycles. The van der Waals surface area contributed by atoms with Crippen LogP contribution in [-0.2, 0) is 13.0 Å². The first-order chi connectivity index (χ1) is 8.27. The van der Waals surface area contributed by atoms with Crippen LogP contribution < -0.4 is 5.32 Å². The monoisotopic (exact) mass is 232 g/mol. The second-order valence-corrected chi connectivity index (χ2v) is 4.30. The highest BCUT2D eigenvalue weighted by molar-refractivity contribution is 5.62. The lowest BCUT2D eigenvalue weighted by atomic mass is 9.92. The van der Waals surface area contributed by atoms with Gasteiger partial charge in [-0.25, -0.2) is 9.37 Å². The normalized spacial score (nSPS) is 14.7. The Balaban J connectivity index is 2.21. The minimum atomic E-state index is -0.163. The number of aryl methyl sites for hydroxylation is 1. The van der Waals surface area contributed by atoms with Gasteiger partial charge in [0.15, 0.2) is 12.2 Å². The second kappa shape index (κ2) is 3.96. The molecule has 1 aromatic heterocycles. The molecular formula is C13H13FN2O. The molecule has 0 atom stereocenters. The number of benzene rings is 1. The molecule has 1 aliphatic rings. The van der Waals surface area contributed by atoms with Crippen LogP contribution in [-0.4, -0.2) is 11.5 Å². The zero-order valence-electron chi connectivity index (χ0n) is 9.59.